The molecule has 0 radical (unpaired) electrons. The Kier molecular flexibility index (Phi) is 4.71. The van der Waals surface area contributed by atoms with E-state index in [2.05, 4.69) is 0 Å². The molecule has 2 heterocycles. The van der Waals surface area contributed by atoms with Crippen molar-refractivity contribution < 1.29 is 23.1 Å². The fraction of sp³-hybridized carbons (Fsp3) is 0.588. The van der Waals surface area contributed by atoms with Crippen molar-refractivity contribution in [2.24, 2.45) is 0 Å². The van der Waals surface area contributed by atoms with Gasteiger partial charge in [0.1, 0.15) is 0 Å². The highest BCUT2D eigenvalue weighted by atomic mass is 19.4. The summed E-state index contributed by atoms with van der Waals surface area (Å²) < 4.78 is 38.0. The van der Waals surface area contributed by atoms with Gasteiger partial charge in [-0.3, -0.25) is 4.79 Å². The lowest BCUT2D eigenvalue weighted by atomic mass is 9.98. The number of carbonyl (C=O) groups excluding carboxylic acids is 1. The molecule has 4 nitrogen and oxygen atoms in total. The number of alkyl halides is 3. The van der Waals surface area contributed by atoms with Crippen LogP contribution in [0.25, 0.3) is 0 Å². The third-order valence-corrected chi connectivity index (χ3v) is 4.85. The summed E-state index contributed by atoms with van der Waals surface area (Å²) in [7, 11) is 0. The molecule has 132 valence electrons. The molecular weight excluding hydrogens is 321 g/mol. The predicted octanol–water partition coefficient (Wildman–Crippen LogP) is 2.53. The van der Waals surface area contributed by atoms with E-state index in [4.69, 9.17) is 0 Å². The Labute approximate surface area is 138 Å². The summed E-state index contributed by atoms with van der Waals surface area (Å²) in [4.78, 5) is 15.1. The molecule has 0 unspecified atom stereocenters. The summed E-state index contributed by atoms with van der Waals surface area (Å²) in [5, 5.41) is 9.38. The first-order valence-electron chi connectivity index (χ1n) is 8.22. The summed E-state index contributed by atoms with van der Waals surface area (Å²) in [5.74, 6) is 0.237. The van der Waals surface area contributed by atoms with Crippen molar-refractivity contribution in [3.05, 3.63) is 29.8 Å². The van der Waals surface area contributed by atoms with E-state index in [0.717, 1.165) is 30.6 Å². The molecule has 1 fully saturated rings. The van der Waals surface area contributed by atoms with Gasteiger partial charge in [0, 0.05) is 37.7 Å². The van der Waals surface area contributed by atoms with Gasteiger partial charge in [0.05, 0.1) is 6.54 Å². The number of aliphatic hydroxyl groups excluding tert-OH is 1. The van der Waals surface area contributed by atoms with E-state index in [1.807, 2.05) is 17.0 Å². The number of carbonyl (C=O) groups is 1. The van der Waals surface area contributed by atoms with Crippen molar-refractivity contribution in [1.29, 1.82) is 0 Å². The van der Waals surface area contributed by atoms with Gasteiger partial charge in [-0.05, 0) is 24.5 Å². The van der Waals surface area contributed by atoms with Crippen molar-refractivity contribution in [3.63, 3.8) is 0 Å². The molecule has 1 amide bonds. The van der Waals surface area contributed by atoms with Gasteiger partial charge < -0.3 is 14.9 Å². The van der Waals surface area contributed by atoms with Crippen molar-refractivity contribution in [2.75, 3.05) is 31.1 Å². The molecule has 7 heteroatoms. The van der Waals surface area contributed by atoms with Crippen molar-refractivity contribution in [2.45, 2.75) is 37.5 Å². The summed E-state index contributed by atoms with van der Waals surface area (Å²) in [6, 6.07) is 7.37. The van der Waals surface area contributed by atoms with E-state index in [0.29, 0.717) is 19.5 Å². The van der Waals surface area contributed by atoms with Gasteiger partial charge in [-0.25, -0.2) is 0 Å². The molecule has 0 spiro atoms. The molecule has 0 aliphatic carbocycles. The normalized spacial score (nSPS) is 22.2. The minimum absolute atomic E-state index is 0.0787. The third-order valence-electron chi connectivity index (χ3n) is 4.85. The fourth-order valence-electron chi connectivity index (χ4n) is 3.57. The van der Waals surface area contributed by atoms with Gasteiger partial charge in [0.15, 0.2) is 6.10 Å². The van der Waals surface area contributed by atoms with E-state index < -0.39 is 18.8 Å². The molecule has 2 aliphatic heterocycles. The predicted molar refractivity (Wildman–Crippen MR) is 83.9 cm³/mol. The molecule has 2 atom stereocenters. The number of hydrogen-bond donors (Lipinski definition) is 1. The number of nitrogens with zero attached hydrogens (tertiary/aromatic N) is 2. The topological polar surface area (TPSA) is 43.8 Å². The van der Waals surface area contributed by atoms with Gasteiger partial charge in [0.25, 0.3) is 0 Å². The molecule has 3 rings (SSSR count). The number of β-amino-alcohol motifs (C(OH)–C–C–N with tert-alkyl or cyclic N) is 1. The van der Waals surface area contributed by atoms with Crippen molar-refractivity contribution in [3.8, 4) is 0 Å². The molecule has 0 saturated carbocycles. The number of likely N-dealkylation sites (tertiary alicyclic amines) is 1. The molecule has 1 aromatic rings. The molecule has 1 N–H and O–H groups in total. The Bertz CT molecular complexity index is 606. The van der Waals surface area contributed by atoms with Gasteiger partial charge in [-0.1, -0.05) is 18.2 Å². The van der Waals surface area contributed by atoms with E-state index in [1.54, 1.807) is 17.0 Å². The van der Waals surface area contributed by atoms with E-state index in [1.165, 1.54) is 0 Å². The minimum atomic E-state index is -4.62. The summed E-state index contributed by atoms with van der Waals surface area (Å²) in [6.07, 6.45) is -4.78. The average Bonchev–Trinajstić information content (AvgIpc) is 3.09. The van der Waals surface area contributed by atoms with Crippen LogP contribution in [0, 0.1) is 0 Å². The summed E-state index contributed by atoms with van der Waals surface area (Å²) in [6.45, 7) is 1.38. The van der Waals surface area contributed by atoms with Crippen LogP contribution in [0.4, 0.5) is 18.9 Å². The highest BCUT2D eigenvalue weighted by Crippen LogP contribution is 2.39. The largest absolute Gasteiger partial charge is 0.416 e. The number of para-hydroxylation sites is 1. The first kappa shape index (κ1) is 17.1. The second-order valence-electron chi connectivity index (χ2n) is 6.49. The Morgan fingerprint density at radius 1 is 1.25 bits per heavy atom. The van der Waals surface area contributed by atoms with Crippen LogP contribution >= 0.6 is 0 Å². The number of aliphatic hydroxyl groups is 1. The maximum Gasteiger partial charge on any atom is 0.416 e. The molecule has 2 aliphatic rings. The highest BCUT2D eigenvalue weighted by molar-refractivity contribution is 5.78. The number of rotatable bonds is 5. The lowest BCUT2D eigenvalue weighted by Gasteiger charge is -2.25. The molecule has 0 bridgehead atoms. The molecule has 24 heavy (non-hydrogen) atoms. The van der Waals surface area contributed by atoms with Crippen LogP contribution in [-0.2, 0) is 4.79 Å². The molecule has 1 saturated heterocycles. The average molecular weight is 342 g/mol. The Balaban J connectivity index is 1.68. The second-order valence-corrected chi connectivity index (χ2v) is 6.49. The van der Waals surface area contributed by atoms with Crippen molar-refractivity contribution in [1.82, 2.24) is 4.90 Å². The maximum atomic E-state index is 12.7. The Morgan fingerprint density at radius 3 is 2.67 bits per heavy atom. The minimum Gasteiger partial charge on any atom is -0.382 e. The van der Waals surface area contributed by atoms with Crippen LogP contribution in [0.2, 0.25) is 0 Å². The maximum absolute atomic E-state index is 12.7. The number of fused-ring (bicyclic) bond motifs is 1. The van der Waals surface area contributed by atoms with Gasteiger partial charge in [0.2, 0.25) is 5.91 Å². The lowest BCUT2D eigenvalue weighted by Crippen LogP contribution is -2.40. The zero-order valence-corrected chi connectivity index (χ0v) is 13.3. The first-order valence-corrected chi connectivity index (χ1v) is 8.22. The smallest absolute Gasteiger partial charge is 0.382 e. The Hall–Kier alpha value is -1.76. The monoisotopic (exact) mass is 342 g/mol. The fourth-order valence-corrected chi connectivity index (χ4v) is 3.57. The van der Waals surface area contributed by atoms with E-state index in [9.17, 15) is 23.1 Å². The zero-order chi connectivity index (χ0) is 17.3. The highest BCUT2D eigenvalue weighted by Gasteiger charge is 2.41. The molecular formula is C17H21F3N2O2. The number of halogens is 3. The zero-order valence-electron chi connectivity index (χ0n) is 13.3. The third kappa shape index (κ3) is 3.50. The standard InChI is InChI=1S/C17H21F3N2O2/c18-17(19,20)15(23)11-22-10-12(13-4-1-2-5-14(13)22)7-9-21-8-3-6-16(21)24/h1-2,4-5,12,15,23H,3,6-11H2/t12-,15+/m0/s1. The van der Waals surface area contributed by atoms with Crippen molar-refractivity contribution >= 4 is 11.6 Å². The van der Waals surface area contributed by atoms with Gasteiger partial charge in [-0.15, -0.1) is 0 Å². The number of amides is 1. The first-order chi connectivity index (χ1) is 11.4. The van der Waals surface area contributed by atoms with E-state index >= 15 is 0 Å². The van der Waals surface area contributed by atoms with Crippen LogP contribution in [0.3, 0.4) is 0 Å². The van der Waals surface area contributed by atoms with Crippen LogP contribution in [-0.4, -0.2) is 54.4 Å². The van der Waals surface area contributed by atoms with Crippen LogP contribution < -0.4 is 4.90 Å². The summed E-state index contributed by atoms with van der Waals surface area (Å²) in [5.41, 5.74) is 1.75. The Morgan fingerprint density at radius 2 is 2.00 bits per heavy atom. The van der Waals surface area contributed by atoms with Crippen LogP contribution in [0.5, 0.6) is 0 Å². The van der Waals surface area contributed by atoms with E-state index in [-0.39, 0.29) is 11.8 Å². The molecule has 0 aromatic heterocycles. The molecule has 1 aromatic carbocycles. The summed E-state index contributed by atoms with van der Waals surface area (Å²) >= 11 is 0. The quantitative estimate of drug-likeness (QED) is 0.894. The van der Waals surface area contributed by atoms with Gasteiger partial charge >= 0.3 is 6.18 Å². The SMILES string of the molecule is O=C1CCCN1CC[C@H]1CN(C[C@@H](O)C(F)(F)F)c2ccccc21. The van der Waals surface area contributed by atoms with Crippen LogP contribution in [0.15, 0.2) is 24.3 Å². The van der Waals surface area contributed by atoms with Crippen LogP contribution in [0.1, 0.15) is 30.7 Å². The van der Waals surface area contributed by atoms with Gasteiger partial charge in [-0.2, -0.15) is 13.2 Å². The second kappa shape index (κ2) is 6.63. The number of anilines is 1. The lowest BCUT2D eigenvalue weighted by molar-refractivity contribution is -0.200. The number of hydrogen-bond acceptors (Lipinski definition) is 3. The number of benzene rings is 1.